The first kappa shape index (κ1) is 13.7. The van der Waals surface area contributed by atoms with Crippen molar-refractivity contribution in [1.82, 2.24) is 9.97 Å². The quantitative estimate of drug-likeness (QED) is 0.840. The molecule has 4 heteroatoms. The van der Waals surface area contributed by atoms with Crippen LogP contribution in [0.25, 0.3) is 0 Å². The third-order valence-corrected chi connectivity index (χ3v) is 4.60. The summed E-state index contributed by atoms with van der Waals surface area (Å²) >= 11 is 1.97. The highest BCUT2D eigenvalue weighted by Crippen LogP contribution is 2.26. The van der Waals surface area contributed by atoms with Gasteiger partial charge in [-0.2, -0.15) is 11.8 Å². The van der Waals surface area contributed by atoms with Crippen molar-refractivity contribution in [2.24, 2.45) is 5.92 Å². The van der Waals surface area contributed by atoms with Crippen molar-refractivity contribution in [1.29, 1.82) is 0 Å². The Labute approximate surface area is 114 Å². The smallest absolute Gasteiger partial charge is 0.135 e. The van der Waals surface area contributed by atoms with Crippen LogP contribution in [0.5, 0.6) is 0 Å². The summed E-state index contributed by atoms with van der Waals surface area (Å²) in [7, 11) is 0. The number of nitrogens with zero attached hydrogens (tertiary/aromatic N) is 3. The maximum absolute atomic E-state index is 4.64. The highest BCUT2D eigenvalue weighted by molar-refractivity contribution is 7.98. The van der Waals surface area contributed by atoms with Gasteiger partial charge in [-0.1, -0.05) is 0 Å². The molecule has 0 bridgehead atoms. The van der Waals surface area contributed by atoms with Crippen molar-refractivity contribution < 1.29 is 0 Å². The van der Waals surface area contributed by atoms with Crippen molar-refractivity contribution >= 4 is 17.6 Å². The number of thioether (sulfide) groups is 1. The Balaban J connectivity index is 2.10. The van der Waals surface area contributed by atoms with E-state index in [2.05, 4.69) is 35.0 Å². The maximum atomic E-state index is 4.64. The van der Waals surface area contributed by atoms with Gasteiger partial charge in [0, 0.05) is 24.3 Å². The lowest BCUT2D eigenvalue weighted by atomic mass is 9.98. The van der Waals surface area contributed by atoms with E-state index in [-0.39, 0.29) is 0 Å². The second kappa shape index (κ2) is 5.91. The van der Waals surface area contributed by atoms with Crippen molar-refractivity contribution in [3.8, 4) is 0 Å². The number of hydrogen-bond acceptors (Lipinski definition) is 4. The Kier molecular flexibility index (Phi) is 4.49. The van der Waals surface area contributed by atoms with Gasteiger partial charge in [-0.25, -0.2) is 9.97 Å². The minimum atomic E-state index is 0.888. The molecular weight excluding hydrogens is 242 g/mol. The standard InChI is InChI=1S/C14H23N3S/c1-10-11(2)15-12(3)16-14(10)17-7-5-13(6-8-17)9-18-4/h13H,5-9H2,1-4H3. The van der Waals surface area contributed by atoms with E-state index >= 15 is 0 Å². The largest absolute Gasteiger partial charge is 0.356 e. The predicted molar refractivity (Wildman–Crippen MR) is 79.6 cm³/mol. The van der Waals surface area contributed by atoms with Crippen LogP contribution in [-0.2, 0) is 0 Å². The molecule has 0 spiro atoms. The lowest BCUT2D eigenvalue weighted by molar-refractivity contribution is 0.442. The van der Waals surface area contributed by atoms with Gasteiger partial charge in [0.05, 0.1) is 0 Å². The van der Waals surface area contributed by atoms with Crippen LogP contribution < -0.4 is 4.90 Å². The van der Waals surface area contributed by atoms with E-state index in [0.29, 0.717) is 0 Å². The fourth-order valence-corrected chi connectivity index (χ4v) is 3.41. The average Bonchev–Trinajstić information content (AvgIpc) is 2.35. The summed E-state index contributed by atoms with van der Waals surface area (Å²) in [5.74, 6) is 4.23. The van der Waals surface area contributed by atoms with E-state index in [0.717, 1.165) is 36.3 Å². The number of anilines is 1. The molecule has 2 rings (SSSR count). The molecule has 0 N–H and O–H groups in total. The molecule has 1 fully saturated rings. The second-order valence-corrected chi connectivity index (χ2v) is 6.10. The average molecular weight is 265 g/mol. The van der Waals surface area contributed by atoms with E-state index in [1.165, 1.54) is 24.2 Å². The minimum Gasteiger partial charge on any atom is -0.356 e. The molecule has 2 heterocycles. The van der Waals surface area contributed by atoms with Crippen LogP contribution in [0.4, 0.5) is 5.82 Å². The zero-order chi connectivity index (χ0) is 13.1. The lowest BCUT2D eigenvalue weighted by Gasteiger charge is -2.33. The molecule has 18 heavy (non-hydrogen) atoms. The topological polar surface area (TPSA) is 29.0 Å². The molecule has 1 aliphatic rings. The third-order valence-electron chi connectivity index (χ3n) is 3.79. The monoisotopic (exact) mass is 265 g/mol. The number of aromatic nitrogens is 2. The van der Waals surface area contributed by atoms with Gasteiger partial charge in [0.25, 0.3) is 0 Å². The fourth-order valence-electron chi connectivity index (χ4n) is 2.61. The van der Waals surface area contributed by atoms with Gasteiger partial charge in [-0.3, -0.25) is 0 Å². The summed E-state index contributed by atoms with van der Waals surface area (Å²) in [6, 6.07) is 0. The minimum absolute atomic E-state index is 0.888. The first-order valence-corrected chi connectivity index (χ1v) is 8.07. The second-order valence-electron chi connectivity index (χ2n) is 5.19. The molecule has 0 amide bonds. The first-order valence-electron chi connectivity index (χ1n) is 6.67. The summed E-state index contributed by atoms with van der Waals surface area (Å²) < 4.78 is 0. The van der Waals surface area contributed by atoms with E-state index in [9.17, 15) is 0 Å². The highest BCUT2D eigenvalue weighted by Gasteiger charge is 2.21. The summed E-state index contributed by atoms with van der Waals surface area (Å²) in [5.41, 5.74) is 2.35. The van der Waals surface area contributed by atoms with Crippen LogP contribution in [0.2, 0.25) is 0 Å². The Morgan fingerprint density at radius 2 is 1.83 bits per heavy atom. The van der Waals surface area contributed by atoms with Crippen LogP contribution in [0, 0.1) is 26.7 Å². The molecule has 3 nitrogen and oxygen atoms in total. The molecule has 0 saturated carbocycles. The first-order chi connectivity index (χ1) is 8.61. The van der Waals surface area contributed by atoms with Gasteiger partial charge in [0.2, 0.25) is 0 Å². The normalized spacial score (nSPS) is 17.2. The molecule has 0 atom stereocenters. The molecule has 1 aliphatic heterocycles. The maximum Gasteiger partial charge on any atom is 0.135 e. The van der Waals surface area contributed by atoms with Crippen LogP contribution in [0.15, 0.2) is 0 Å². The SMILES string of the molecule is CSCC1CCN(c2nc(C)nc(C)c2C)CC1. The Bertz CT molecular complexity index is 412. The number of hydrogen-bond donors (Lipinski definition) is 0. The summed E-state index contributed by atoms with van der Waals surface area (Å²) in [6.45, 7) is 8.48. The highest BCUT2D eigenvalue weighted by atomic mass is 32.2. The lowest BCUT2D eigenvalue weighted by Crippen LogP contribution is -2.35. The fraction of sp³-hybridized carbons (Fsp3) is 0.714. The Morgan fingerprint density at radius 1 is 1.17 bits per heavy atom. The summed E-state index contributed by atoms with van der Waals surface area (Å²) in [5, 5.41) is 0. The predicted octanol–water partition coefficient (Wildman–Crippen LogP) is 2.98. The zero-order valence-electron chi connectivity index (χ0n) is 11.9. The number of rotatable bonds is 3. The van der Waals surface area contributed by atoms with Crippen LogP contribution in [0.3, 0.4) is 0 Å². The molecule has 0 aromatic carbocycles. The van der Waals surface area contributed by atoms with E-state index in [1.54, 1.807) is 0 Å². The molecule has 1 saturated heterocycles. The molecule has 0 aliphatic carbocycles. The van der Waals surface area contributed by atoms with E-state index < -0.39 is 0 Å². The van der Waals surface area contributed by atoms with Crippen LogP contribution in [-0.4, -0.2) is 35.1 Å². The summed E-state index contributed by atoms with van der Waals surface area (Å²) in [6.07, 6.45) is 4.79. The van der Waals surface area contributed by atoms with Gasteiger partial charge in [-0.05, 0) is 51.5 Å². The number of aryl methyl sites for hydroxylation is 2. The molecule has 0 radical (unpaired) electrons. The van der Waals surface area contributed by atoms with Gasteiger partial charge < -0.3 is 4.90 Å². The van der Waals surface area contributed by atoms with Gasteiger partial charge in [-0.15, -0.1) is 0 Å². The van der Waals surface area contributed by atoms with Crippen molar-refractivity contribution in [2.45, 2.75) is 33.6 Å². The molecule has 0 unspecified atom stereocenters. The Hall–Kier alpha value is -0.770. The molecule has 100 valence electrons. The van der Waals surface area contributed by atoms with Crippen molar-refractivity contribution in [3.05, 3.63) is 17.1 Å². The van der Waals surface area contributed by atoms with Crippen LogP contribution in [0.1, 0.15) is 29.9 Å². The number of piperidine rings is 1. The third kappa shape index (κ3) is 2.97. The van der Waals surface area contributed by atoms with E-state index in [1.807, 2.05) is 18.7 Å². The Morgan fingerprint density at radius 3 is 2.44 bits per heavy atom. The molecular formula is C14H23N3S. The van der Waals surface area contributed by atoms with Crippen molar-refractivity contribution in [3.63, 3.8) is 0 Å². The van der Waals surface area contributed by atoms with Gasteiger partial charge in [0.15, 0.2) is 0 Å². The summed E-state index contributed by atoms with van der Waals surface area (Å²) in [4.78, 5) is 11.5. The van der Waals surface area contributed by atoms with Gasteiger partial charge in [0.1, 0.15) is 11.6 Å². The molecule has 1 aromatic rings. The zero-order valence-corrected chi connectivity index (χ0v) is 12.7. The van der Waals surface area contributed by atoms with E-state index in [4.69, 9.17) is 0 Å². The van der Waals surface area contributed by atoms with Crippen LogP contribution >= 0.6 is 11.8 Å². The molecule has 1 aromatic heterocycles. The van der Waals surface area contributed by atoms with Gasteiger partial charge >= 0.3 is 0 Å². The van der Waals surface area contributed by atoms with Crippen molar-refractivity contribution in [2.75, 3.05) is 30.0 Å².